The summed E-state index contributed by atoms with van der Waals surface area (Å²) in [6.07, 6.45) is 29.8. The Morgan fingerprint density at radius 3 is 1.32 bits per heavy atom. The Morgan fingerprint density at radius 1 is 0.554 bits per heavy atom. The van der Waals surface area contributed by atoms with Gasteiger partial charge >= 0.3 is 0 Å². The summed E-state index contributed by atoms with van der Waals surface area (Å²) in [4.78, 5) is 13.0. The second-order valence-corrected chi connectivity index (χ2v) is 17.1. The number of rotatable bonds is 40. The molecule has 0 aliphatic carbocycles. The lowest BCUT2D eigenvalue weighted by molar-refractivity contribution is -0.303. The summed E-state index contributed by atoms with van der Waals surface area (Å²) in [7, 11) is 0. The van der Waals surface area contributed by atoms with E-state index in [9.17, 15) is 35.4 Å². The van der Waals surface area contributed by atoms with Crippen LogP contribution in [0.15, 0.2) is 0 Å². The van der Waals surface area contributed by atoms with Crippen LogP contribution in [0.25, 0.3) is 0 Å². The number of amides is 1. The van der Waals surface area contributed by atoms with Crippen molar-refractivity contribution in [2.45, 2.75) is 275 Å². The second-order valence-electron chi connectivity index (χ2n) is 17.1. The quantitative estimate of drug-likeness (QED) is 0.0299. The van der Waals surface area contributed by atoms with Gasteiger partial charge in [-0.1, -0.05) is 206 Å². The molecule has 10 nitrogen and oxygen atoms in total. The molecule has 10 heteroatoms. The largest absolute Gasteiger partial charge is 0.394 e. The van der Waals surface area contributed by atoms with E-state index in [2.05, 4.69) is 19.2 Å². The van der Waals surface area contributed by atoms with E-state index in [0.717, 1.165) is 44.9 Å². The first-order chi connectivity index (χ1) is 27.3. The SMILES string of the molecule is CCCCCCCCCCCCCCCCCCCCCCCC(=O)N[C@@H](CO[C@@H]1O[C@H](CO)[C@@H](O)[C@H](O)[C@H]1O)[C@H](O)[C@H](O)CCCCCCCCCCCC. The molecule has 56 heavy (non-hydrogen) atoms. The minimum Gasteiger partial charge on any atom is -0.394 e. The van der Waals surface area contributed by atoms with Gasteiger partial charge in [-0.3, -0.25) is 4.79 Å². The van der Waals surface area contributed by atoms with Crippen molar-refractivity contribution in [3.8, 4) is 0 Å². The molecule has 7 N–H and O–H groups in total. The third kappa shape index (κ3) is 27.0. The molecule has 1 aliphatic heterocycles. The summed E-state index contributed by atoms with van der Waals surface area (Å²) in [5.41, 5.74) is 0. The average molecular weight is 802 g/mol. The van der Waals surface area contributed by atoms with Gasteiger partial charge in [0.15, 0.2) is 6.29 Å². The highest BCUT2D eigenvalue weighted by Gasteiger charge is 2.44. The summed E-state index contributed by atoms with van der Waals surface area (Å²) < 4.78 is 11.1. The van der Waals surface area contributed by atoms with Crippen molar-refractivity contribution in [3.05, 3.63) is 0 Å². The maximum atomic E-state index is 13.0. The predicted molar refractivity (Wildman–Crippen MR) is 227 cm³/mol. The van der Waals surface area contributed by atoms with E-state index in [0.29, 0.717) is 6.42 Å². The van der Waals surface area contributed by atoms with Crippen LogP contribution in [0.3, 0.4) is 0 Å². The summed E-state index contributed by atoms with van der Waals surface area (Å²) in [6.45, 7) is 3.60. The molecule has 0 saturated carbocycles. The monoisotopic (exact) mass is 802 g/mol. The zero-order chi connectivity index (χ0) is 41.1. The van der Waals surface area contributed by atoms with Crippen LogP contribution in [0.1, 0.15) is 226 Å². The number of carbonyl (C=O) groups excluding carboxylic acids is 1. The first-order valence-corrected chi connectivity index (χ1v) is 23.8. The number of carbonyl (C=O) groups is 1. The number of nitrogens with one attached hydrogen (secondary N) is 1. The molecule has 1 heterocycles. The highest BCUT2D eigenvalue weighted by atomic mass is 16.7. The minimum atomic E-state index is -1.60. The van der Waals surface area contributed by atoms with E-state index < -0.39 is 55.6 Å². The van der Waals surface area contributed by atoms with Gasteiger partial charge < -0.3 is 45.4 Å². The Morgan fingerprint density at radius 2 is 0.929 bits per heavy atom. The highest BCUT2D eigenvalue weighted by Crippen LogP contribution is 2.23. The van der Waals surface area contributed by atoms with Gasteiger partial charge in [-0.2, -0.15) is 0 Å². The Bertz CT molecular complexity index is 864. The maximum Gasteiger partial charge on any atom is 0.220 e. The average Bonchev–Trinajstić information content (AvgIpc) is 3.20. The van der Waals surface area contributed by atoms with Crippen molar-refractivity contribution in [3.63, 3.8) is 0 Å². The van der Waals surface area contributed by atoms with Crippen LogP contribution in [0.2, 0.25) is 0 Å². The Labute approximate surface area is 343 Å². The molecular weight excluding hydrogens is 711 g/mol. The van der Waals surface area contributed by atoms with Crippen LogP contribution in [0.4, 0.5) is 0 Å². The van der Waals surface area contributed by atoms with Gasteiger partial charge in [-0.25, -0.2) is 0 Å². The van der Waals surface area contributed by atoms with Crippen LogP contribution in [0, 0.1) is 0 Å². The summed E-state index contributed by atoms with van der Waals surface area (Å²) in [6, 6.07) is -0.983. The first kappa shape index (κ1) is 53.2. The lowest BCUT2D eigenvalue weighted by Gasteiger charge is -2.40. The zero-order valence-corrected chi connectivity index (χ0v) is 36.3. The topological polar surface area (TPSA) is 169 Å². The molecule has 1 amide bonds. The van der Waals surface area contributed by atoms with Crippen LogP contribution < -0.4 is 5.32 Å². The number of aliphatic hydroxyl groups excluding tert-OH is 6. The fourth-order valence-corrected chi connectivity index (χ4v) is 7.91. The molecule has 1 saturated heterocycles. The van der Waals surface area contributed by atoms with Crippen molar-refractivity contribution >= 4 is 5.91 Å². The van der Waals surface area contributed by atoms with E-state index >= 15 is 0 Å². The van der Waals surface area contributed by atoms with Crippen molar-refractivity contribution in [2.75, 3.05) is 13.2 Å². The Kier molecular flexibility index (Phi) is 35.3. The number of unbranched alkanes of at least 4 members (excludes halogenated alkanes) is 29. The van der Waals surface area contributed by atoms with Gasteiger partial charge in [-0.15, -0.1) is 0 Å². The number of aliphatic hydroxyl groups is 6. The van der Waals surface area contributed by atoms with Crippen molar-refractivity contribution < 1.29 is 44.9 Å². The fourth-order valence-electron chi connectivity index (χ4n) is 7.91. The molecule has 1 aliphatic rings. The van der Waals surface area contributed by atoms with Gasteiger partial charge in [-0.05, 0) is 12.8 Å². The number of hydrogen-bond donors (Lipinski definition) is 7. The van der Waals surface area contributed by atoms with Crippen molar-refractivity contribution in [1.29, 1.82) is 0 Å². The zero-order valence-electron chi connectivity index (χ0n) is 36.3. The summed E-state index contributed by atoms with van der Waals surface area (Å²) >= 11 is 0. The second kappa shape index (κ2) is 37.2. The molecule has 0 aromatic rings. The van der Waals surface area contributed by atoms with Crippen LogP contribution >= 0.6 is 0 Å². The molecule has 0 radical (unpaired) electrons. The van der Waals surface area contributed by atoms with Crippen molar-refractivity contribution in [2.24, 2.45) is 0 Å². The molecular formula is C46H91NO9. The fraction of sp³-hybridized carbons (Fsp3) is 0.978. The minimum absolute atomic E-state index is 0.254. The van der Waals surface area contributed by atoms with Crippen LogP contribution in [-0.2, 0) is 14.3 Å². The molecule has 0 spiro atoms. The highest BCUT2D eigenvalue weighted by molar-refractivity contribution is 5.76. The summed E-state index contributed by atoms with van der Waals surface area (Å²) in [5.74, 6) is -0.254. The van der Waals surface area contributed by atoms with Gasteiger partial charge in [0.2, 0.25) is 5.91 Å². The van der Waals surface area contributed by atoms with Gasteiger partial charge in [0.25, 0.3) is 0 Å². The predicted octanol–water partition coefficient (Wildman–Crippen LogP) is 8.92. The molecule has 0 bridgehead atoms. The number of hydrogen-bond acceptors (Lipinski definition) is 9. The standard InChI is InChI=1S/C46H91NO9/c1-3-5-7-9-11-13-15-16-17-18-19-20-21-22-23-24-25-27-29-31-33-35-41(50)47-38(37-55-46-45(54)44(53)43(52)40(36-48)56-46)42(51)39(49)34-32-30-28-26-14-12-10-8-6-4-2/h38-40,42-46,48-49,51-54H,3-37H2,1-2H3,(H,47,50)/t38-,39+,40+,42-,43+,44-,45+,46+/m0/s1. The smallest absolute Gasteiger partial charge is 0.220 e. The van der Waals surface area contributed by atoms with E-state index in [4.69, 9.17) is 9.47 Å². The van der Waals surface area contributed by atoms with Gasteiger partial charge in [0.1, 0.15) is 30.5 Å². The van der Waals surface area contributed by atoms with E-state index in [1.54, 1.807) is 0 Å². The molecule has 8 atom stereocenters. The van der Waals surface area contributed by atoms with Crippen LogP contribution in [-0.4, -0.2) is 98.7 Å². The maximum absolute atomic E-state index is 13.0. The molecule has 0 aromatic heterocycles. The third-order valence-electron chi connectivity index (χ3n) is 11.8. The molecule has 0 unspecified atom stereocenters. The molecule has 1 fully saturated rings. The van der Waals surface area contributed by atoms with E-state index in [-0.39, 0.29) is 18.9 Å². The van der Waals surface area contributed by atoms with Crippen molar-refractivity contribution in [1.82, 2.24) is 5.32 Å². The Hall–Kier alpha value is -0.850. The first-order valence-electron chi connectivity index (χ1n) is 23.8. The van der Waals surface area contributed by atoms with Crippen LogP contribution in [0.5, 0.6) is 0 Å². The van der Waals surface area contributed by atoms with E-state index in [1.165, 1.54) is 154 Å². The lowest BCUT2D eigenvalue weighted by atomic mass is 9.98. The van der Waals surface area contributed by atoms with E-state index in [1.807, 2.05) is 0 Å². The lowest BCUT2D eigenvalue weighted by Crippen LogP contribution is -2.60. The summed E-state index contributed by atoms with van der Waals surface area (Å²) in [5, 5.41) is 65.1. The van der Waals surface area contributed by atoms with Gasteiger partial charge in [0.05, 0.1) is 25.4 Å². The number of ether oxygens (including phenoxy) is 2. The normalized spacial score (nSPS) is 21.6. The van der Waals surface area contributed by atoms with Gasteiger partial charge in [0, 0.05) is 6.42 Å². The molecule has 334 valence electrons. The molecule has 1 rings (SSSR count). The molecule has 0 aromatic carbocycles. The third-order valence-corrected chi connectivity index (χ3v) is 11.8. The Balaban J connectivity index is 2.30.